The Labute approximate surface area is 108 Å². The summed E-state index contributed by atoms with van der Waals surface area (Å²) in [6, 6.07) is 0.212. The lowest BCUT2D eigenvalue weighted by Gasteiger charge is -2.23. The fourth-order valence-electron chi connectivity index (χ4n) is 3.08. The average molecular weight is 249 g/mol. The van der Waals surface area contributed by atoms with Crippen molar-refractivity contribution >= 4 is 0 Å². The standard InChI is InChI=1S/C14H23N3O/c1-9-3-2-4-11(7-9)14-16-13(18-17-14)8-12(15)10-5-6-10/h9-12H,2-8,15H2,1H3. The molecule has 0 saturated heterocycles. The maximum absolute atomic E-state index is 6.09. The first-order valence-electron chi connectivity index (χ1n) is 7.30. The Kier molecular flexibility index (Phi) is 3.37. The molecule has 0 bridgehead atoms. The summed E-state index contributed by atoms with van der Waals surface area (Å²) in [6.45, 7) is 2.32. The summed E-state index contributed by atoms with van der Waals surface area (Å²) in [7, 11) is 0. The number of aromatic nitrogens is 2. The third kappa shape index (κ3) is 2.74. The van der Waals surface area contributed by atoms with Gasteiger partial charge in [0.2, 0.25) is 5.89 Å². The molecule has 4 nitrogen and oxygen atoms in total. The van der Waals surface area contributed by atoms with Crippen LogP contribution in [-0.2, 0) is 6.42 Å². The Morgan fingerprint density at radius 3 is 2.89 bits per heavy atom. The van der Waals surface area contributed by atoms with E-state index in [2.05, 4.69) is 17.1 Å². The van der Waals surface area contributed by atoms with Crippen LogP contribution < -0.4 is 5.73 Å². The third-order valence-corrected chi connectivity index (χ3v) is 4.42. The lowest BCUT2D eigenvalue weighted by Crippen LogP contribution is -2.25. The van der Waals surface area contributed by atoms with Crippen molar-refractivity contribution in [1.29, 1.82) is 0 Å². The van der Waals surface area contributed by atoms with Crippen LogP contribution in [0.15, 0.2) is 4.52 Å². The second-order valence-electron chi connectivity index (χ2n) is 6.22. The van der Waals surface area contributed by atoms with Crippen LogP contribution in [0, 0.1) is 11.8 Å². The highest BCUT2D eigenvalue weighted by atomic mass is 16.5. The van der Waals surface area contributed by atoms with E-state index in [-0.39, 0.29) is 6.04 Å². The van der Waals surface area contributed by atoms with Gasteiger partial charge in [0.25, 0.3) is 0 Å². The van der Waals surface area contributed by atoms with Crippen LogP contribution in [-0.4, -0.2) is 16.2 Å². The van der Waals surface area contributed by atoms with E-state index in [1.807, 2.05) is 0 Å². The molecule has 2 aliphatic rings. The first kappa shape index (κ1) is 12.2. The molecule has 0 aromatic carbocycles. The van der Waals surface area contributed by atoms with Gasteiger partial charge in [-0.2, -0.15) is 4.98 Å². The first-order valence-corrected chi connectivity index (χ1v) is 7.30. The van der Waals surface area contributed by atoms with Crippen molar-refractivity contribution in [1.82, 2.24) is 10.1 Å². The zero-order valence-corrected chi connectivity index (χ0v) is 11.1. The minimum atomic E-state index is 0.212. The summed E-state index contributed by atoms with van der Waals surface area (Å²) >= 11 is 0. The fourth-order valence-corrected chi connectivity index (χ4v) is 3.08. The van der Waals surface area contributed by atoms with Crippen LogP contribution in [0.1, 0.15) is 63.1 Å². The van der Waals surface area contributed by atoms with Crippen LogP contribution in [0.2, 0.25) is 0 Å². The molecule has 0 aliphatic heterocycles. The third-order valence-electron chi connectivity index (χ3n) is 4.42. The van der Waals surface area contributed by atoms with Crippen LogP contribution >= 0.6 is 0 Å². The molecule has 1 aromatic rings. The quantitative estimate of drug-likeness (QED) is 0.891. The molecule has 0 amide bonds. The van der Waals surface area contributed by atoms with E-state index in [4.69, 9.17) is 10.3 Å². The van der Waals surface area contributed by atoms with E-state index in [1.165, 1.54) is 38.5 Å². The van der Waals surface area contributed by atoms with E-state index in [1.54, 1.807) is 0 Å². The smallest absolute Gasteiger partial charge is 0.228 e. The minimum Gasteiger partial charge on any atom is -0.339 e. The van der Waals surface area contributed by atoms with Crippen molar-refractivity contribution in [2.24, 2.45) is 17.6 Å². The van der Waals surface area contributed by atoms with Gasteiger partial charge in [-0.15, -0.1) is 0 Å². The van der Waals surface area contributed by atoms with E-state index >= 15 is 0 Å². The van der Waals surface area contributed by atoms with Gasteiger partial charge in [0.15, 0.2) is 5.82 Å². The summed E-state index contributed by atoms with van der Waals surface area (Å²) < 4.78 is 5.36. The van der Waals surface area contributed by atoms with Crippen LogP contribution in [0.5, 0.6) is 0 Å². The number of rotatable bonds is 4. The molecule has 18 heavy (non-hydrogen) atoms. The van der Waals surface area contributed by atoms with Crippen LogP contribution in [0.4, 0.5) is 0 Å². The molecule has 0 radical (unpaired) electrons. The van der Waals surface area contributed by atoms with Crippen LogP contribution in [0.25, 0.3) is 0 Å². The summed E-state index contributed by atoms with van der Waals surface area (Å²) in [5.41, 5.74) is 6.09. The summed E-state index contributed by atoms with van der Waals surface area (Å²) in [6.07, 6.45) is 8.32. The molecule has 3 unspecified atom stereocenters. The molecule has 3 atom stereocenters. The van der Waals surface area contributed by atoms with Crippen molar-refractivity contribution in [2.75, 3.05) is 0 Å². The summed E-state index contributed by atoms with van der Waals surface area (Å²) in [5.74, 6) is 3.64. The molecule has 2 N–H and O–H groups in total. The molecular formula is C14H23N3O. The molecule has 4 heteroatoms. The molecule has 1 heterocycles. The highest BCUT2D eigenvalue weighted by Crippen LogP contribution is 2.35. The zero-order valence-electron chi connectivity index (χ0n) is 11.1. The Morgan fingerprint density at radius 1 is 1.33 bits per heavy atom. The number of nitrogens with zero attached hydrogens (tertiary/aromatic N) is 2. The van der Waals surface area contributed by atoms with Crippen LogP contribution in [0.3, 0.4) is 0 Å². The highest BCUT2D eigenvalue weighted by molar-refractivity contribution is 5.00. The van der Waals surface area contributed by atoms with E-state index < -0.39 is 0 Å². The van der Waals surface area contributed by atoms with Gasteiger partial charge in [-0.05, 0) is 37.5 Å². The maximum Gasteiger partial charge on any atom is 0.228 e. The van der Waals surface area contributed by atoms with Gasteiger partial charge in [-0.1, -0.05) is 24.9 Å². The Bertz CT molecular complexity index is 399. The van der Waals surface area contributed by atoms with Gasteiger partial charge >= 0.3 is 0 Å². The van der Waals surface area contributed by atoms with Crippen molar-refractivity contribution < 1.29 is 4.52 Å². The van der Waals surface area contributed by atoms with Crippen molar-refractivity contribution in [3.63, 3.8) is 0 Å². The second kappa shape index (κ2) is 5.00. The van der Waals surface area contributed by atoms with Gasteiger partial charge in [-0.3, -0.25) is 0 Å². The highest BCUT2D eigenvalue weighted by Gasteiger charge is 2.30. The Balaban J connectivity index is 1.61. The predicted molar refractivity (Wildman–Crippen MR) is 69.1 cm³/mol. The van der Waals surface area contributed by atoms with Gasteiger partial charge in [0.1, 0.15) is 0 Å². The number of nitrogens with two attached hydrogens (primary N) is 1. The van der Waals surface area contributed by atoms with Gasteiger partial charge in [-0.25, -0.2) is 0 Å². The lowest BCUT2D eigenvalue weighted by atomic mass is 9.82. The summed E-state index contributed by atoms with van der Waals surface area (Å²) in [4.78, 5) is 4.56. The topological polar surface area (TPSA) is 64.9 Å². The SMILES string of the molecule is CC1CCCC(c2noc(CC(N)C3CC3)n2)C1. The van der Waals surface area contributed by atoms with E-state index in [9.17, 15) is 0 Å². The Hall–Kier alpha value is -0.900. The maximum atomic E-state index is 6.09. The zero-order chi connectivity index (χ0) is 12.5. The molecule has 2 saturated carbocycles. The molecule has 3 rings (SSSR count). The first-order chi connectivity index (χ1) is 8.72. The van der Waals surface area contributed by atoms with Gasteiger partial charge in [0, 0.05) is 18.4 Å². The monoisotopic (exact) mass is 249 g/mol. The molecule has 0 spiro atoms. The van der Waals surface area contributed by atoms with Gasteiger partial charge < -0.3 is 10.3 Å². The molecule has 2 aliphatic carbocycles. The molecule has 2 fully saturated rings. The molecule has 100 valence electrons. The fraction of sp³-hybridized carbons (Fsp3) is 0.857. The Morgan fingerprint density at radius 2 is 2.17 bits per heavy atom. The minimum absolute atomic E-state index is 0.212. The second-order valence-corrected chi connectivity index (χ2v) is 6.22. The van der Waals surface area contributed by atoms with Crippen molar-refractivity contribution in [3.8, 4) is 0 Å². The van der Waals surface area contributed by atoms with Gasteiger partial charge in [0.05, 0.1) is 0 Å². The van der Waals surface area contributed by atoms with E-state index in [0.29, 0.717) is 11.8 Å². The normalized spacial score (nSPS) is 30.3. The largest absolute Gasteiger partial charge is 0.339 e. The number of hydrogen-bond donors (Lipinski definition) is 1. The lowest BCUT2D eigenvalue weighted by molar-refractivity contribution is 0.318. The average Bonchev–Trinajstić information content (AvgIpc) is 3.10. The summed E-state index contributed by atoms with van der Waals surface area (Å²) in [5, 5.41) is 4.17. The van der Waals surface area contributed by atoms with Crippen molar-refractivity contribution in [3.05, 3.63) is 11.7 Å². The van der Waals surface area contributed by atoms with E-state index in [0.717, 1.165) is 24.1 Å². The number of hydrogen-bond acceptors (Lipinski definition) is 4. The molecular weight excluding hydrogens is 226 g/mol. The predicted octanol–water partition coefficient (Wildman–Crippen LogP) is 2.64. The molecule has 1 aromatic heterocycles. The van der Waals surface area contributed by atoms with Crippen molar-refractivity contribution in [2.45, 2.75) is 63.8 Å².